The van der Waals surface area contributed by atoms with Gasteiger partial charge < -0.3 is 5.21 Å². The van der Waals surface area contributed by atoms with Crippen LogP contribution in [-0.4, -0.2) is 5.10 Å². The summed E-state index contributed by atoms with van der Waals surface area (Å²) in [6.45, 7) is 0. The Kier molecular flexibility index (Phi) is 2.33. The van der Waals surface area contributed by atoms with Gasteiger partial charge in [0.2, 0.25) is 0 Å². The van der Waals surface area contributed by atoms with Gasteiger partial charge in [0.15, 0.2) is 5.15 Å². The normalized spacial score (nSPS) is 10.1. The van der Waals surface area contributed by atoms with Crippen LogP contribution in [0.2, 0.25) is 5.15 Å². The van der Waals surface area contributed by atoms with E-state index in [0.29, 0.717) is 10.5 Å². The first-order chi connectivity index (χ1) is 6.77. The second-order valence-corrected chi connectivity index (χ2v) is 3.17. The maximum absolute atomic E-state index is 11.4. The molecule has 0 radical (unpaired) electrons. The molecule has 0 aliphatic heterocycles. The lowest BCUT2D eigenvalue weighted by Crippen LogP contribution is -2.33. The molecule has 4 heteroatoms. The predicted molar refractivity (Wildman–Crippen MR) is 53.6 cm³/mol. The van der Waals surface area contributed by atoms with Crippen molar-refractivity contribution in [3.05, 3.63) is 52.8 Å². The van der Waals surface area contributed by atoms with Crippen molar-refractivity contribution in [1.82, 2.24) is 5.10 Å². The van der Waals surface area contributed by atoms with Crippen LogP contribution in [0.3, 0.4) is 0 Å². The zero-order valence-corrected chi connectivity index (χ0v) is 7.98. The van der Waals surface area contributed by atoms with Gasteiger partial charge in [-0.2, -0.15) is 0 Å². The summed E-state index contributed by atoms with van der Waals surface area (Å²) in [6, 6.07) is 12.6. The molecule has 0 unspecified atom stereocenters. The molecular formula is C10H7ClN2O. The average Bonchev–Trinajstić information content (AvgIpc) is 2.19. The number of rotatable bonds is 1. The van der Waals surface area contributed by atoms with Crippen LogP contribution in [0.25, 0.3) is 11.3 Å². The van der Waals surface area contributed by atoms with Crippen molar-refractivity contribution in [3.8, 4) is 11.3 Å². The molecule has 0 N–H and O–H groups in total. The third kappa shape index (κ3) is 1.67. The standard InChI is InChI=1S/C10H7ClN2O/c11-10-7-6-9(13(14)12-10)8-4-2-1-3-5-8/h1-7H. The second-order valence-electron chi connectivity index (χ2n) is 2.78. The number of aromatic nitrogens is 2. The van der Waals surface area contributed by atoms with Gasteiger partial charge in [-0.25, -0.2) is 0 Å². The van der Waals surface area contributed by atoms with Crippen molar-refractivity contribution in [2.75, 3.05) is 0 Å². The maximum atomic E-state index is 11.4. The Balaban J connectivity index is 2.53. The van der Waals surface area contributed by atoms with Gasteiger partial charge in [-0.05, 0) is 23.0 Å². The van der Waals surface area contributed by atoms with Crippen molar-refractivity contribution in [2.45, 2.75) is 0 Å². The lowest BCUT2D eigenvalue weighted by Gasteiger charge is -2.00. The highest BCUT2D eigenvalue weighted by Gasteiger charge is 2.09. The summed E-state index contributed by atoms with van der Waals surface area (Å²) in [6.07, 6.45) is 0. The van der Waals surface area contributed by atoms with E-state index in [4.69, 9.17) is 11.6 Å². The predicted octanol–water partition coefficient (Wildman–Crippen LogP) is 2.04. The second kappa shape index (κ2) is 3.64. The monoisotopic (exact) mass is 206 g/mol. The van der Waals surface area contributed by atoms with E-state index < -0.39 is 0 Å². The van der Waals surface area contributed by atoms with Gasteiger partial charge >= 0.3 is 0 Å². The molecule has 0 bridgehead atoms. The van der Waals surface area contributed by atoms with Crippen LogP contribution in [0.1, 0.15) is 0 Å². The number of halogens is 1. The van der Waals surface area contributed by atoms with Crippen LogP contribution in [0.4, 0.5) is 0 Å². The molecule has 0 aliphatic carbocycles. The van der Waals surface area contributed by atoms with E-state index in [2.05, 4.69) is 5.10 Å². The Bertz CT molecular complexity index is 445. The van der Waals surface area contributed by atoms with E-state index in [1.165, 1.54) is 0 Å². The first kappa shape index (κ1) is 8.97. The lowest BCUT2D eigenvalue weighted by atomic mass is 10.1. The fourth-order valence-corrected chi connectivity index (χ4v) is 1.33. The van der Waals surface area contributed by atoms with E-state index in [0.717, 1.165) is 5.56 Å². The Hall–Kier alpha value is -1.61. The van der Waals surface area contributed by atoms with E-state index in [1.54, 1.807) is 12.1 Å². The number of hydrogen-bond donors (Lipinski definition) is 0. The van der Waals surface area contributed by atoms with Crippen molar-refractivity contribution >= 4 is 11.6 Å². The van der Waals surface area contributed by atoms with Gasteiger partial charge in [0.05, 0.1) is 5.56 Å². The molecule has 0 amide bonds. The molecule has 0 atom stereocenters. The topological polar surface area (TPSA) is 39.8 Å². The first-order valence-corrected chi connectivity index (χ1v) is 4.47. The summed E-state index contributed by atoms with van der Waals surface area (Å²) >= 11 is 5.57. The smallest absolute Gasteiger partial charge is 0.252 e. The largest absolute Gasteiger partial charge is 0.594 e. The van der Waals surface area contributed by atoms with Gasteiger partial charge in [0, 0.05) is 11.2 Å². The van der Waals surface area contributed by atoms with Gasteiger partial charge in [-0.1, -0.05) is 29.8 Å². The highest BCUT2D eigenvalue weighted by atomic mass is 35.5. The number of hydrogen-bond acceptors (Lipinski definition) is 2. The minimum atomic E-state index is 0.194. The fourth-order valence-electron chi connectivity index (χ4n) is 1.20. The molecule has 0 saturated heterocycles. The third-order valence-electron chi connectivity index (χ3n) is 1.84. The zero-order chi connectivity index (χ0) is 9.97. The summed E-state index contributed by atoms with van der Waals surface area (Å²) in [5.41, 5.74) is 1.32. The minimum absolute atomic E-state index is 0.194. The molecule has 2 rings (SSSR count). The third-order valence-corrected chi connectivity index (χ3v) is 2.04. The van der Waals surface area contributed by atoms with Crippen molar-refractivity contribution in [3.63, 3.8) is 0 Å². The molecular weight excluding hydrogens is 200 g/mol. The molecule has 0 fully saturated rings. The first-order valence-electron chi connectivity index (χ1n) is 4.09. The molecule has 2 aromatic rings. The maximum Gasteiger partial charge on any atom is 0.252 e. The van der Waals surface area contributed by atoms with E-state index in [9.17, 15) is 5.21 Å². The summed E-state index contributed by atoms with van der Waals surface area (Å²) in [4.78, 5) is 0.525. The lowest BCUT2D eigenvalue weighted by molar-refractivity contribution is -0.657. The minimum Gasteiger partial charge on any atom is -0.594 e. The molecule has 70 valence electrons. The molecule has 0 aliphatic rings. The van der Waals surface area contributed by atoms with Crippen LogP contribution >= 0.6 is 11.6 Å². The Labute approximate surface area is 86.2 Å². The molecule has 0 spiro atoms. The zero-order valence-electron chi connectivity index (χ0n) is 7.22. The molecule has 0 saturated carbocycles. The summed E-state index contributed by atoms with van der Waals surface area (Å²) < 4.78 is 0. The summed E-state index contributed by atoms with van der Waals surface area (Å²) in [5, 5.41) is 15.1. The Morgan fingerprint density at radius 2 is 1.79 bits per heavy atom. The molecule has 3 nitrogen and oxygen atoms in total. The SMILES string of the molecule is [O-][n+]1nc(Cl)ccc1-c1ccccc1. The Morgan fingerprint density at radius 3 is 2.43 bits per heavy atom. The van der Waals surface area contributed by atoms with Crippen LogP contribution < -0.4 is 4.85 Å². The fraction of sp³-hybridized carbons (Fsp3) is 0. The van der Waals surface area contributed by atoms with Gasteiger partial charge in [0.25, 0.3) is 5.69 Å². The van der Waals surface area contributed by atoms with Gasteiger partial charge in [0.1, 0.15) is 0 Å². The molecule has 1 heterocycles. The van der Waals surface area contributed by atoms with Crippen LogP contribution in [0.5, 0.6) is 0 Å². The van der Waals surface area contributed by atoms with Gasteiger partial charge in [-0.15, -0.1) is 0 Å². The van der Waals surface area contributed by atoms with Crippen molar-refractivity contribution in [1.29, 1.82) is 0 Å². The summed E-state index contributed by atoms with van der Waals surface area (Å²) in [5.74, 6) is 0. The quantitative estimate of drug-likeness (QED) is 0.529. The van der Waals surface area contributed by atoms with Gasteiger partial charge in [-0.3, -0.25) is 0 Å². The molecule has 1 aromatic heterocycles. The van der Waals surface area contributed by atoms with Crippen molar-refractivity contribution in [2.24, 2.45) is 0 Å². The highest BCUT2D eigenvalue weighted by molar-refractivity contribution is 6.29. The van der Waals surface area contributed by atoms with E-state index >= 15 is 0 Å². The van der Waals surface area contributed by atoms with Crippen LogP contribution in [0, 0.1) is 5.21 Å². The van der Waals surface area contributed by atoms with E-state index in [1.807, 2.05) is 30.3 Å². The molecule has 14 heavy (non-hydrogen) atoms. The van der Waals surface area contributed by atoms with Crippen LogP contribution in [-0.2, 0) is 0 Å². The number of nitrogens with zero attached hydrogens (tertiary/aromatic N) is 2. The summed E-state index contributed by atoms with van der Waals surface area (Å²) in [7, 11) is 0. The molecule has 1 aromatic carbocycles. The van der Waals surface area contributed by atoms with Crippen LogP contribution in [0.15, 0.2) is 42.5 Å². The number of benzene rings is 1. The average molecular weight is 207 g/mol. The Morgan fingerprint density at radius 1 is 1.07 bits per heavy atom. The highest BCUT2D eigenvalue weighted by Crippen LogP contribution is 2.14. The van der Waals surface area contributed by atoms with E-state index in [-0.39, 0.29) is 5.15 Å². The van der Waals surface area contributed by atoms with Crippen molar-refractivity contribution < 1.29 is 4.85 Å².